The normalized spacial score (nSPS) is 20.5. The lowest BCUT2D eigenvalue weighted by atomic mass is 9.98. The van der Waals surface area contributed by atoms with Crippen LogP contribution in [0.15, 0.2) is 29.2 Å². The summed E-state index contributed by atoms with van der Waals surface area (Å²) in [6, 6.07) is 7.16. The minimum absolute atomic E-state index is 0.115. The molecule has 0 unspecified atom stereocenters. The number of fused-ring (bicyclic) bond motifs is 1. The van der Waals surface area contributed by atoms with Gasteiger partial charge < -0.3 is 15.4 Å². The summed E-state index contributed by atoms with van der Waals surface area (Å²) >= 11 is 0. The Balaban J connectivity index is 1.56. The molecule has 8 nitrogen and oxygen atoms in total. The maximum absolute atomic E-state index is 13.6. The Morgan fingerprint density at radius 1 is 1.11 bits per heavy atom. The molecular formula is C26H33N3O5S. The summed E-state index contributed by atoms with van der Waals surface area (Å²) < 4.78 is 34.4. The van der Waals surface area contributed by atoms with Crippen molar-refractivity contribution < 1.29 is 22.7 Å². The van der Waals surface area contributed by atoms with Crippen molar-refractivity contribution in [1.82, 2.24) is 4.31 Å². The minimum atomic E-state index is -3.86. The average Bonchev–Trinajstić information content (AvgIpc) is 2.80. The standard InChI is InChI=1S/C26H33N3O5S/c1-6-21-26(31)27-20-12-16(3)23(13-22(20)34-21)35(32,33)29-9-7-8-19(14-29)25(30)28-24-17(4)10-15(2)11-18(24)5/h10-13,19,21H,6-9,14H2,1-5H3,(H,27,31)(H,28,30)/t19-,21-/m1/s1. The van der Waals surface area contributed by atoms with Gasteiger partial charge >= 0.3 is 0 Å². The number of nitrogens with one attached hydrogen (secondary N) is 2. The molecule has 4 rings (SSSR count). The minimum Gasteiger partial charge on any atom is -0.478 e. The Morgan fingerprint density at radius 2 is 1.80 bits per heavy atom. The number of nitrogens with zero attached hydrogens (tertiary/aromatic N) is 1. The molecule has 1 fully saturated rings. The first-order valence-electron chi connectivity index (χ1n) is 12.0. The molecule has 2 N–H and O–H groups in total. The quantitative estimate of drug-likeness (QED) is 0.645. The number of hydrogen-bond donors (Lipinski definition) is 2. The van der Waals surface area contributed by atoms with Crippen molar-refractivity contribution in [3.05, 3.63) is 46.5 Å². The number of rotatable bonds is 5. The molecule has 188 valence electrons. The van der Waals surface area contributed by atoms with Crippen LogP contribution in [-0.2, 0) is 19.6 Å². The number of benzene rings is 2. The van der Waals surface area contributed by atoms with Gasteiger partial charge in [0.2, 0.25) is 15.9 Å². The Bertz CT molecular complexity index is 1270. The third-order valence-electron chi connectivity index (χ3n) is 6.77. The number of carbonyl (C=O) groups is 2. The molecule has 2 atom stereocenters. The van der Waals surface area contributed by atoms with E-state index >= 15 is 0 Å². The van der Waals surface area contributed by atoms with Gasteiger partial charge in [0.25, 0.3) is 5.91 Å². The van der Waals surface area contributed by atoms with Crippen LogP contribution in [0.2, 0.25) is 0 Å². The van der Waals surface area contributed by atoms with Gasteiger partial charge in [0.05, 0.1) is 16.5 Å². The van der Waals surface area contributed by atoms with Crippen molar-refractivity contribution in [2.45, 2.75) is 64.9 Å². The number of piperidine rings is 1. The zero-order valence-corrected chi connectivity index (χ0v) is 21.7. The molecule has 2 amide bonds. The highest BCUT2D eigenvalue weighted by Gasteiger charge is 2.36. The zero-order valence-electron chi connectivity index (χ0n) is 20.9. The van der Waals surface area contributed by atoms with Crippen molar-refractivity contribution in [2.24, 2.45) is 5.92 Å². The Hall–Kier alpha value is -2.91. The van der Waals surface area contributed by atoms with Crippen LogP contribution < -0.4 is 15.4 Å². The zero-order chi connectivity index (χ0) is 25.5. The summed E-state index contributed by atoms with van der Waals surface area (Å²) in [7, 11) is -3.86. The number of amides is 2. The Kier molecular flexibility index (Phi) is 6.92. The van der Waals surface area contributed by atoms with Gasteiger partial charge in [-0.2, -0.15) is 4.31 Å². The van der Waals surface area contributed by atoms with E-state index < -0.39 is 22.0 Å². The van der Waals surface area contributed by atoms with Gasteiger partial charge in [0.1, 0.15) is 5.75 Å². The van der Waals surface area contributed by atoms with E-state index in [0.717, 1.165) is 22.4 Å². The van der Waals surface area contributed by atoms with Crippen LogP contribution >= 0.6 is 0 Å². The highest BCUT2D eigenvalue weighted by Crippen LogP contribution is 2.37. The maximum Gasteiger partial charge on any atom is 0.265 e. The fourth-order valence-corrected chi connectivity index (χ4v) is 6.69. The van der Waals surface area contributed by atoms with E-state index in [9.17, 15) is 18.0 Å². The number of aryl methyl sites for hydroxylation is 4. The second-order valence-electron chi connectivity index (χ2n) is 9.58. The molecule has 2 aromatic rings. The van der Waals surface area contributed by atoms with Crippen LogP contribution in [0.5, 0.6) is 5.75 Å². The van der Waals surface area contributed by atoms with E-state index in [4.69, 9.17) is 4.74 Å². The van der Waals surface area contributed by atoms with Gasteiger partial charge in [-0.3, -0.25) is 9.59 Å². The van der Waals surface area contributed by atoms with Crippen LogP contribution in [0.4, 0.5) is 11.4 Å². The van der Waals surface area contributed by atoms with E-state index in [1.807, 2.05) is 39.8 Å². The second kappa shape index (κ2) is 9.62. The fourth-order valence-electron chi connectivity index (χ4n) is 4.95. The molecule has 0 aliphatic carbocycles. The number of ether oxygens (including phenoxy) is 1. The third kappa shape index (κ3) is 4.92. The third-order valence-corrected chi connectivity index (χ3v) is 8.77. The molecule has 0 saturated carbocycles. The second-order valence-corrected chi connectivity index (χ2v) is 11.5. The molecule has 0 spiro atoms. The lowest BCUT2D eigenvalue weighted by Gasteiger charge is -2.32. The molecule has 2 aromatic carbocycles. The van der Waals surface area contributed by atoms with Crippen molar-refractivity contribution in [2.75, 3.05) is 23.7 Å². The SMILES string of the molecule is CC[C@H]1Oc2cc(S(=O)(=O)N3CCC[C@@H](C(=O)Nc4c(C)cc(C)cc4C)C3)c(C)cc2NC1=O. The van der Waals surface area contributed by atoms with E-state index in [0.29, 0.717) is 42.8 Å². The predicted molar refractivity (Wildman–Crippen MR) is 135 cm³/mol. The van der Waals surface area contributed by atoms with Gasteiger partial charge in [-0.05, 0) is 69.7 Å². The molecule has 0 aromatic heterocycles. The van der Waals surface area contributed by atoms with E-state index in [2.05, 4.69) is 10.6 Å². The van der Waals surface area contributed by atoms with Gasteiger partial charge in [-0.1, -0.05) is 24.6 Å². The molecule has 35 heavy (non-hydrogen) atoms. The fraction of sp³-hybridized carbons (Fsp3) is 0.462. The summed E-state index contributed by atoms with van der Waals surface area (Å²) in [6.07, 6.45) is 1.04. The van der Waals surface area contributed by atoms with Crippen molar-refractivity contribution >= 4 is 33.2 Å². The summed E-state index contributed by atoms with van der Waals surface area (Å²) in [5.41, 5.74) is 4.87. The van der Waals surface area contributed by atoms with Gasteiger partial charge in [-0.25, -0.2) is 8.42 Å². The molecular weight excluding hydrogens is 466 g/mol. The van der Waals surface area contributed by atoms with E-state index in [1.165, 1.54) is 10.4 Å². The highest BCUT2D eigenvalue weighted by molar-refractivity contribution is 7.89. The first kappa shape index (κ1) is 25.2. The average molecular weight is 500 g/mol. The predicted octanol–water partition coefficient (Wildman–Crippen LogP) is 4.07. The van der Waals surface area contributed by atoms with Crippen LogP contribution in [0, 0.1) is 33.6 Å². The molecule has 2 aliphatic heterocycles. The summed E-state index contributed by atoms with van der Waals surface area (Å²) in [4.78, 5) is 25.4. The lowest BCUT2D eigenvalue weighted by molar-refractivity contribution is -0.123. The molecule has 1 saturated heterocycles. The summed E-state index contributed by atoms with van der Waals surface area (Å²) in [6.45, 7) is 9.92. The number of anilines is 2. The molecule has 2 heterocycles. The van der Waals surface area contributed by atoms with Crippen LogP contribution in [0.3, 0.4) is 0 Å². The number of hydrogen-bond acceptors (Lipinski definition) is 5. The van der Waals surface area contributed by atoms with Crippen molar-refractivity contribution in [3.63, 3.8) is 0 Å². The Morgan fingerprint density at radius 3 is 2.46 bits per heavy atom. The topological polar surface area (TPSA) is 105 Å². The molecule has 0 bridgehead atoms. The van der Waals surface area contributed by atoms with Gasteiger partial charge in [0.15, 0.2) is 6.10 Å². The lowest BCUT2D eigenvalue weighted by Crippen LogP contribution is -2.44. The first-order chi connectivity index (χ1) is 16.5. The van der Waals surface area contributed by atoms with Crippen LogP contribution in [0.1, 0.15) is 48.4 Å². The van der Waals surface area contributed by atoms with Crippen LogP contribution in [0.25, 0.3) is 0 Å². The Labute approximate surface area is 207 Å². The van der Waals surface area contributed by atoms with E-state index in [1.54, 1.807) is 13.0 Å². The summed E-state index contributed by atoms with van der Waals surface area (Å²) in [5.74, 6) is -0.508. The molecule has 0 radical (unpaired) electrons. The highest BCUT2D eigenvalue weighted by atomic mass is 32.2. The monoisotopic (exact) mass is 499 g/mol. The number of sulfonamides is 1. The molecule has 2 aliphatic rings. The number of carbonyl (C=O) groups excluding carboxylic acids is 2. The summed E-state index contributed by atoms with van der Waals surface area (Å²) in [5, 5.41) is 5.83. The maximum atomic E-state index is 13.6. The van der Waals surface area contributed by atoms with Crippen molar-refractivity contribution in [3.8, 4) is 5.75 Å². The van der Waals surface area contributed by atoms with Gasteiger partial charge in [0, 0.05) is 24.8 Å². The smallest absolute Gasteiger partial charge is 0.265 e. The van der Waals surface area contributed by atoms with Crippen LogP contribution in [-0.4, -0.2) is 43.7 Å². The largest absolute Gasteiger partial charge is 0.478 e. The first-order valence-corrected chi connectivity index (χ1v) is 13.5. The van der Waals surface area contributed by atoms with E-state index in [-0.39, 0.29) is 23.3 Å². The van der Waals surface area contributed by atoms with Crippen molar-refractivity contribution in [1.29, 1.82) is 0 Å². The molecule has 9 heteroatoms. The van der Waals surface area contributed by atoms with Gasteiger partial charge in [-0.15, -0.1) is 0 Å².